The maximum absolute atomic E-state index is 5.44. The summed E-state index contributed by atoms with van der Waals surface area (Å²) in [5, 5.41) is 2.33. The molecule has 0 fully saturated rings. The van der Waals surface area contributed by atoms with Crippen molar-refractivity contribution in [1.29, 1.82) is 0 Å². The van der Waals surface area contributed by atoms with Crippen molar-refractivity contribution in [2.45, 2.75) is 6.92 Å². The van der Waals surface area contributed by atoms with E-state index in [-0.39, 0.29) is 0 Å². The van der Waals surface area contributed by atoms with Crippen LogP contribution in [-0.4, -0.2) is 13.7 Å². The molecule has 0 N–H and O–H groups in total. The van der Waals surface area contributed by atoms with E-state index >= 15 is 0 Å². The first kappa shape index (κ1) is 9.84. The highest BCUT2D eigenvalue weighted by Gasteiger charge is 1.98. The molecule has 0 unspecified atom stereocenters. The van der Waals surface area contributed by atoms with Crippen LogP contribution in [0.1, 0.15) is 6.92 Å². The van der Waals surface area contributed by atoms with E-state index in [1.807, 2.05) is 43.3 Å². The van der Waals surface area contributed by atoms with Crippen molar-refractivity contribution in [2.24, 2.45) is 0 Å². The summed E-state index contributed by atoms with van der Waals surface area (Å²) in [7, 11) is 1.68. The van der Waals surface area contributed by atoms with E-state index in [1.165, 1.54) is 5.39 Å². The topological polar surface area (TPSA) is 18.5 Å². The summed E-state index contributed by atoms with van der Waals surface area (Å²) >= 11 is 0. The van der Waals surface area contributed by atoms with E-state index in [4.69, 9.17) is 9.47 Å². The van der Waals surface area contributed by atoms with Gasteiger partial charge in [0.2, 0.25) is 0 Å². The van der Waals surface area contributed by atoms with Crippen LogP contribution in [0, 0.1) is 0 Å². The SMILES string of the molecule is CCOc1ccc2cc(OC)ccc2c1. The Hall–Kier alpha value is -1.70. The van der Waals surface area contributed by atoms with Gasteiger partial charge in [-0.15, -0.1) is 0 Å². The van der Waals surface area contributed by atoms with Crippen LogP contribution < -0.4 is 9.47 Å². The van der Waals surface area contributed by atoms with Gasteiger partial charge < -0.3 is 9.47 Å². The predicted molar refractivity (Wildman–Crippen MR) is 61.7 cm³/mol. The van der Waals surface area contributed by atoms with Crippen LogP contribution in [0.15, 0.2) is 36.4 Å². The van der Waals surface area contributed by atoms with Crippen LogP contribution >= 0.6 is 0 Å². The minimum atomic E-state index is 0.696. The molecule has 78 valence electrons. The van der Waals surface area contributed by atoms with Gasteiger partial charge in [0.05, 0.1) is 13.7 Å². The summed E-state index contributed by atoms with van der Waals surface area (Å²) in [6, 6.07) is 12.1. The fourth-order valence-corrected chi connectivity index (χ4v) is 1.59. The second kappa shape index (κ2) is 4.22. The minimum Gasteiger partial charge on any atom is -0.497 e. The van der Waals surface area contributed by atoms with Crippen molar-refractivity contribution < 1.29 is 9.47 Å². The highest BCUT2D eigenvalue weighted by Crippen LogP contribution is 2.24. The lowest BCUT2D eigenvalue weighted by Crippen LogP contribution is -1.90. The van der Waals surface area contributed by atoms with Crippen LogP contribution in [0.5, 0.6) is 11.5 Å². The summed E-state index contributed by atoms with van der Waals surface area (Å²) in [5.41, 5.74) is 0. The number of methoxy groups -OCH3 is 1. The Morgan fingerprint density at radius 1 is 0.933 bits per heavy atom. The van der Waals surface area contributed by atoms with Crippen molar-refractivity contribution in [1.82, 2.24) is 0 Å². The van der Waals surface area contributed by atoms with Crippen LogP contribution in [0.25, 0.3) is 10.8 Å². The maximum Gasteiger partial charge on any atom is 0.119 e. The van der Waals surface area contributed by atoms with Gasteiger partial charge in [0.25, 0.3) is 0 Å². The number of hydrogen-bond donors (Lipinski definition) is 0. The third-order valence-electron chi connectivity index (χ3n) is 2.33. The van der Waals surface area contributed by atoms with E-state index in [2.05, 4.69) is 0 Å². The summed E-state index contributed by atoms with van der Waals surface area (Å²) in [6.07, 6.45) is 0. The highest BCUT2D eigenvalue weighted by atomic mass is 16.5. The molecule has 0 atom stereocenters. The molecule has 0 aromatic heterocycles. The lowest BCUT2D eigenvalue weighted by atomic mass is 10.1. The molecule has 2 rings (SSSR count). The average molecular weight is 202 g/mol. The number of benzene rings is 2. The number of rotatable bonds is 3. The molecular weight excluding hydrogens is 188 g/mol. The third kappa shape index (κ3) is 2.04. The summed E-state index contributed by atoms with van der Waals surface area (Å²) in [5.74, 6) is 1.79. The maximum atomic E-state index is 5.44. The van der Waals surface area contributed by atoms with E-state index in [9.17, 15) is 0 Å². The fourth-order valence-electron chi connectivity index (χ4n) is 1.59. The van der Waals surface area contributed by atoms with Gasteiger partial charge >= 0.3 is 0 Å². The van der Waals surface area contributed by atoms with Gasteiger partial charge in [0, 0.05) is 0 Å². The molecule has 0 aliphatic carbocycles. The standard InChI is InChI=1S/C13H14O2/c1-3-15-13-7-5-10-8-12(14-2)6-4-11(10)9-13/h4-9H,3H2,1-2H3. The van der Waals surface area contributed by atoms with Crippen molar-refractivity contribution in [3.63, 3.8) is 0 Å². The lowest BCUT2D eigenvalue weighted by Gasteiger charge is -2.06. The second-order valence-electron chi connectivity index (χ2n) is 3.31. The van der Waals surface area contributed by atoms with Crippen LogP contribution in [0.2, 0.25) is 0 Å². The van der Waals surface area contributed by atoms with Crippen LogP contribution in [-0.2, 0) is 0 Å². The molecule has 2 aromatic carbocycles. The van der Waals surface area contributed by atoms with Gasteiger partial charge in [-0.25, -0.2) is 0 Å². The predicted octanol–water partition coefficient (Wildman–Crippen LogP) is 3.25. The zero-order valence-corrected chi connectivity index (χ0v) is 8.99. The van der Waals surface area contributed by atoms with Gasteiger partial charge in [-0.05, 0) is 42.0 Å². The Labute approximate surface area is 89.4 Å². The van der Waals surface area contributed by atoms with E-state index in [0.29, 0.717) is 6.61 Å². The minimum absolute atomic E-state index is 0.696. The molecule has 0 radical (unpaired) electrons. The molecule has 0 heterocycles. The molecule has 2 nitrogen and oxygen atoms in total. The zero-order chi connectivity index (χ0) is 10.7. The quantitative estimate of drug-likeness (QED) is 0.760. The van der Waals surface area contributed by atoms with Gasteiger partial charge in [-0.2, -0.15) is 0 Å². The molecule has 0 bridgehead atoms. The Morgan fingerprint density at radius 2 is 1.53 bits per heavy atom. The molecule has 0 aliphatic rings. The van der Waals surface area contributed by atoms with Crippen molar-refractivity contribution in [2.75, 3.05) is 13.7 Å². The summed E-state index contributed by atoms with van der Waals surface area (Å²) < 4.78 is 10.6. The smallest absolute Gasteiger partial charge is 0.119 e. The Bertz CT molecular complexity index is 463. The summed E-state index contributed by atoms with van der Waals surface area (Å²) in [4.78, 5) is 0. The van der Waals surface area contributed by atoms with Crippen LogP contribution in [0.3, 0.4) is 0 Å². The summed E-state index contributed by atoms with van der Waals surface area (Å²) in [6.45, 7) is 2.68. The van der Waals surface area contributed by atoms with E-state index in [1.54, 1.807) is 7.11 Å². The molecule has 0 saturated carbocycles. The first-order chi connectivity index (χ1) is 7.33. The lowest BCUT2D eigenvalue weighted by molar-refractivity contribution is 0.340. The van der Waals surface area contributed by atoms with Crippen molar-refractivity contribution >= 4 is 10.8 Å². The Balaban J connectivity index is 2.45. The molecule has 15 heavy (non-hydrogen) atoms. The second-order valence-corrected chi connectivity index (χ2v) is 3.31. The molecule has 0 aliphatic heterocycles. The van der Waals surface area contributed by atoms with Gasteiger partial charge in [-0.3, -0.25) is 0 Å². The van der Waals surface area contributed by atoms with Crippen molar-refractivity contribution in [3.8, 4) is 11.5 Å². The molecule has 2 aromatic rings. The monoisotopic (exact) mass is 202 g/mol. The largest absolute Gasteiger partial charge is 0.497 e. The molecule has 0 spiro atoms. The molecular formula is C13H14O2. The zero-order valence-electron chi connectivity index (χ0n) is 8.99. The third-order valence-corrected chi connectivity index (χ3v) is 2.33. The number of ether oxygens (including phenoxy) is 2. The van der Waals surface area contributed by atoms with Crippen molar-refractivity contribution in [3.05, 3.63) is 36.4 Å². The molecule has 2 heteroatoms. The Kier molecular flexibility index (Phi) is 2.77. The molecule has 0 amide bonds. The highest BCUT2D eigenvalue weighted by molar-refractivity contribution is 5.85. The van der Waals surface area contributed by atoms with Crippen LogP contribution in [0.4, 0.5) is 0 Å². The first-order valence-electron chi connectivity index (χ1n) is 5.04. The normalized spacial score (nSPS) is 10.3. The fraction of sp³-hybridized carbons (Fsp3) is 0.231. The number of fused-ring (bicyclic) bond motifs is 1. The average Bonchev–Trinajstić information content (AvgIpc) is 2.29. The molecule has 0 saturated heterocycles. The van der Waals surface area contributed by atoms with E-state index < -0.39 is 0 Å². The van der Waals surface area contributed by atoms with Gasteiger partial charge in [0.1, 0.15) is 11.5 Å². The number of hydrogen-bond acceptors (Lipinski definition) is 2. The van der Waals surface area contributed by atoms with Gasteiger partial charge in [-0.1, -0.05) is 12.1 Å². The first-order valence-corrected chi connectivity index (χ1v) is 5.04. The van der Waals surface area contributed by atoms with Gasteiger partial charge in [0.15, 0.2) is 0 Å². The Morgan fingerprint density at radius 3 is 2.13 bits per heavy atom. The van der Waals surface area contributed by atoms with E-state index in [0.717, 1.165) is 16.9 Å².